The van der Waals surface area contributed by atoms with E-state index in [1.807, 2.05) is 6.08 Å². The second-order valence-electron chi connectivity index (χ2n) is 15.0. The van der Waals surface area contributed by atoms with Gasteiger partial charge in [0.2, 0.25) is 0 Å². The maximum atomic E-state index is 12.7. The third kappa shape index (κ3) is 40.6. The zero-order valence-electron chi connectivity index (χ0n) is 35.0. The maximum absolute atomic E-state index is 12.7. The van der Waals surface area contributed by atoms with Crippen molar-refractivity contribution >= 4 is 17.9 Å². The third-order valence-electron chi connectivity index (χ3n) is 9.63. The fourth-order valence-electron chi connectivity index (χ4n) is 6.19. The van der Waals surface area contributed by atoms with Crippen LogP contribution >= 0.6 is 0 Å². The van der Waals surface area contributed by atoms with Crippen molar-refractivity contribution < 1.29 is 28.6 Å². The molecule has 308 valence electrons. The molecule has 0 N–H and O–H groups in total. The van der Waals surface area contributed by atoms with Crippen LogP contribution in [-0.4, -0.2) is 37.2 Å². The molecule has 0 aliphatic heterocycles. The molecule has 0 aliphatic carbocycles. The van der Waals surface area contributed by atoms with Crippen LogP contribution in [0.1, 0.15) is 226 Å². The van der Waals surface area contributed by atoms with Crippen molar-refractivity contribution in [2.24, 2.45) is 0 Å². The Hall–Kier alpha value is -2.37. The van der Waals surface area contributed by atoms with Gasteiger partial charge in [0.15, 0.2) is 6.10 Å². The molecule has 53 heavy (non-hydrogen) atoms. The van der Waals surface area contributed by atoms with E-state index < -0.39 is 6.10 Å². The van der Waals surface area contributed by atoms with Crippen LogP contribution in [0.3, 0.4) is 0 Å². The van der Waals surface area contributed by atoms with Gasteiger partial charge in [0.05, 0.1) is 0 Å². The van der Waals surface area contributed by atoms with Gasteiger partial charge in [0.25, 0.3) is 0 Å². The summed E-state index contributed by atoms with van der Waals surface area (Å²) in [5, 5.41) is 0. The minimum atomic E-state index is -0.796. The number of rotatable bonds is 40. The van der Waals surface area contributed by atoms with E-state index in [0.29, 0.717) is 19.3 Å². The molecule has 0 fully saturated rings. The monoisotopic (exact) mass is 745 g/mol. The number of hydrogen-bond donors (Lipinski definition) is 0. The van der Waals surface area contributed by atoms with E-state index in [1.54, 1.807) is 0 Å². The highest BCUT2D eigenvalue weighted by atomic mass is 16.6. The van der Waals surface area contributed by atoms with Crippen LogP contribution in [0.2, 0.25) is 0 Å². The van der Waals surface area contributed by atoms with Crippen molar-refractivity contribution in [3.8, 4) is 0 Å². The Morgan fingerprint density at radius 1 is 0.377 bits per heavy atom. The molecule has 0 heterocycles. The highest BCUT2D eigenvalue weighted by Crippen LogP contribution is 2.13. The molecule has 1 atom stereocenters. The van der Waals surface area contributed by atoms with Crippen molar-refractivity contribution in [3.05, 3.63) is 36.5 Å². The fraction of sp³-hybridized carbons (Fsp3) is 0.809. The molecule has 0 saturated heterocycles. The van der Waals surface area contributed by atoms with Crippen LogP contribution in [0, 0.1) is 0 Å². The predicted molar refractivity (Wildman–Crippen MR) is 224 cm³/mol. The van der Waals surface area contributed by atoms with Crippen molar-refractivity contribution in [2.75, 3.05) is 13.2 Å². The van der Waals surface area contributed by atoms with Gasteiger partial charge in [-0.05, 0) is 64.2 Å². The molecule has 1 unspecified atom stereocenters. The normalized spacial score (nSPS) is 12.3. The second-order valence-corrected chi connectivity index (χ2v) is 15.0. The van der Waals surface area contributed by atoms with Crippen LogP contribution in [0.4, 0.5) is 0 Å². The third-order valence-corrected chi connectivity index (χ3v) is 9.63. The van der Waals surface area contributed by atoms with Crippen LogP contribution in [0.25, 0.3) is 0 Å². The Morgan fingerprint density at radius 3 is 1.19 bits per heavy atom. The SMILES string of the molecule is CCCCCCCC/C=C\C/C=C\CCC(=O)OCC(COC(=O)CCCCCCCCCCC)OC(=O)CCCCC/C=C\CCCCCCCC. The molecular formula is C47H84O6. The molecule has 0 amide bonds. The van der Waals surface area contributed by atoms with Crippen molar-refractivity contribution in [1.82, 2.24) is 0 Å². The Labute approximate surface area is 327 Å². The van der Waals surface area contributed by atoms with E-state index in [9.17, 15) is 14.4 Å². The first kappa shape index (κ1) is 50.6. The summed E-state index contributed by atoms with van der Waals surface area (Å²) in [5.41, 5.74) is 0. The Kier molecular flexibility index (Phi) is 40.5. The fourth-order valence-corrected chi connectivity index (χ4v) is 6.19. The van der Waals surface area contributed by atoms with Gasteiger partial charge >= 0.3 is 17.9 Å². The average Bonchev–Trinajstić information content (AvgIpc) is 3.15. The van der Waals surface area contributed by atoms with Crippen molar-refractivity contribution in [2.45, 2.75) is 232 Å². The van der Waals surface area contributed by atoms with E-state index in [4.69, 9.17) is 14.2 Å². The summed E-state index contributed by atoms with van der Waals surface area (Å²) in [6, 6.07) is 0. The standard InChI is InChI=1S/C47H84O6/c1-4-7-10-13-16-19-21-23-25-28-31-34-37-40-46(49)52-43-44(42-51-45(48)39-36-33-30-27-18-15-12-9-6-3)53-47(50)41-38-35-32-29-26-24-22-20-17-14-11-8-5-2/h23-26,31,34,44H,4-22,27-30,32-33,35-43H2,1-3H3/b25-23-,26-24-,34-31-. The van der Waals surface area contributed by atoms with Gasteiger partial charge in [-0.2, -0.15) is 0 Å². The first-order valence-electron chi connectivity index (χ1n) is 22.5. The average molecular weight is 745 g/mol. The molecule has 0 saturated carbocycles. The molecule has 0 aromatic rings. The number of allylic oxidation sites excluding steroid dienone is 6. The number of hydrogen-bond acceptors (Lipinski definition) is 6. The second kappa shape index (κ2) is 42.4. The van der Waals surface area contributed by atoms with Gasteiger partial charge in [-0.1, -0.05) is 179 Å². The molecule has 0 aromatic carbocycles. The Balaban J connectivity index is 4.45. The molecule has 6 nitrogen and oxygen atoms in total. The van der Waals surface area contributed by atoms with Gasteiger partial charge in [0, 0.05) is 19.3 Å². The van der Waals surface area contributed by atoms with Gasteiger partial charge in [-0.25, -0.2) is 0 Å². The number of unbranched alkanes of at least 4 members (excludes halogenated alkanes) is 23. The first-order chi connectivity index (χ1) is 26.0. The molecule has 0 rings (SSSR count). The molecule has 0 aliphatic rings. The van der Waals surface area contributed by atoms with E-state index in [-0.39, 0.29) is 37.5 Å². The van der Waals surface area contributed by atoms with Crippen LogP contribution in [0.15, 0.2) is 36.5 Å². The Morgan fingerprint density at radius 2 is 0.717 bits per heavy atom. The lowest BCUT2D eigenvalue weighted by atomic mass is 10.1. The first-order valence-corrected chi connectivity index (χ1v) is 22.5. The molecule has 0 bridgehead atoms. The summed E-state index contributed by atoms with van der Waals surface area (Å²) < 4.78 is 16.6. The largest absolute Gasteiger partial charge is 0.462 e. The zero-order chi connectivity index (χ0) is 38.7. The molecule has 0 spiro atoms. The summed E-state index contributed by atoms with van der Waals surface area (Å²) in [7, 11) is 0. The van der Waals surface area contributed by atoms with Crippen molar-refractivity contribution in [1.29, 1.82) is 0 Å². The summed E-state index contributed by atoms with van der Waals surface area (Å²) in [5.74, 6) is -0.983. The highest BCUT2D eigenvalue weighted by molar-refractivity contribution is 5.71. The predicted octanol–water partition coefficient (Wildman–Crippen LogP) is 14.2. The van der Waals surface area contributed by atoms with Gasteiger partial charge < -0.3 is 14.2 Å². The minimum Gasteiger partial charge on any atom is -0.462 e. The number of esters is 3. The smallest absolute Gasteiger partial charge is 0.306 e. The van der Waals surface area contributed by atoms with E-state index in [0.717, 1.165) is 64.2 Å². The van der Waals surface area contributed by atoms with Crippen LogP contribution in [0.5, 0.6) is 0 Å². The van der Waals surface area contributed by atoms with E-state index >= 15 is 0 Å². The van der Waals surface area contributed by atoms with Crippen LogP contribution in [-0.2, 0) is 28.6 Å². The molecule has 6 heteroatoms. The number of ether oxygens (including phenoxy) is 3. The summed E-state index contributed by atoms with van der Waals surface area (Å²) in [4.78, 5) is 37.6. The minimum absolute atomic E-state index is 0.0936. The number of carbonyl (C=O) groups excluding carboxylic acids is 3. The Bertz CT molecular complexity index is 907. The zero-order valence-corrected chi connectivity index (χ0v) is 35.0. The summed E-state index contributed by atoms with van der Waals surface area (Å²) in [6.07, 6.45) is 47.1. The topological polar surface area (TPSA) is 78.9 Å². The quantitative estimate of drug-likeness (QED) is 0.0269. The summed E-state index contributed by atoms with van der Waals surface area (Å²) in [6.45, 7) is 6.53. The van der Waals surface area contributed by atoms with Crippen LogP contribution < -0.4 is 0 Å². The van der Waals surface area contributed by atoms with Gasteiger partial charge in [0.1, 0.15) is 13.2 Å². The highest BCUT2D eigenvalue weighted by Gasteiger charge is 2.19. The molecule has 0 radical (unpaired) electrons. The molecule has 0 aromatic heterocycles. The lowest BCUT2D eigenvalue weighted by Gasteiger charge is -2.18. The van der Waals surface area contributed by atoms with Gasteiger partial charge in [-0.15, -0.1) is 0 Å². The lowest BCUT2D eigenvalue weighted by Crippen LogP contribution is -2.30. The van der Waals surface area contributed by atoms with E-state index in [2.05, 4.69) is 51.2 Å². The van der Waals surface area contributed by atoms with Gasteiger partial charge in [-0.3, -0.25) is 14.4 Å². The lowest BCUT2D eigenvalue weighted by molar-refractivity contribution is -0.166. The molecular weight excluding hydrogens is 661 g/mol. The van der Waals surface area contributed by atoms with Crippen molar-refractivity contribution in [3.63, 3.8) is 0 Å². The number of carbonyl (C=O) groups is 3. The maximum Gasteiger partial charge on any atom is 0.306 e. The van der Waals surface area contributed by atoms with E-state index in [1.165, 1.54) is 116 Å². The summed E-state index contributed by atoms with van der Waals surface area (Å²) >= 11 is 0.